The van der Waals surface area contributed by atoms with E-state index >= 15 is 0 Å². The predicted molar refractivity (Wildman–Crippen MR) is 80.9 cm³/mol. The summed E-state index contributed by atoms with van der Waals surface area (Å²) in [6.45, 7) is 8.94. The highest BCUT2D eigenvalue weighted by atomic mass is 16.5. The van der Waals surface area contributed by atoms with Gasteiger partial charge >= 0.3 is 0 Å². The molecule has 1 aliphatic rings. The molecule has 0 radical (unpaired) electrons. The Morgan fingerprint density at radius 2 is 2.29 bits per heavy atom. The first-order chi connectivity index (χ1) is 10.1. The van der Waals surface area contributed by atoms with E-state index in [1.165, 1.54) is 0 Å². The van der Waals surface area contributed by atoms with Crippen LogP contribution in [0.3, 0.4) is 0 Å². The van der Waals surface area contributed by atoms with Crippen molar-refractivity contribution in [3.63, 3.8) is 0 Å². The molecule has 7 nitrogen and oxygen atoms in total. The number of carbonyl (C=O) groups is 1. The van der Waals surface area contributed by atoms with Crippen LogP contribution in [0.15, 0.2) is 12.4 Å². The molecule has 7 heteroatoms. The molecular weight excluding hydrogens is 270 g/mol. The van der Waals surface area contributed by atoms with Crippen molar-refractivity contribution in [3.8, 4) is 0 Å². The van der Waals surface area contributed by atoms with Gasteiger partial charge in [0.05, 0.1) is 37.6 Å². The third-order valence-electron chi connectivity index (χ3n) is 3.90. The minimum atomic E-state index is -0.274. The topological polar surface area (TPSA) is 85.4 Å². The number of amides is 1. The molecule has 2 atom stereocenters. The Bertz CT molecular complexity index is 458. The maximum absolute atomic E-state index is 12.1. The zero-order valence-corrected chi connectivity index (χ0v) is 12.8. The van der Waals surface area contributed by atoms with Gasteiger partial charge in [0.15, 0.2) is 0 Å². The number of aromatic nitrogens is 2. The van der Waals surface area contributed by atoms with Crippen LogP contribution in [-0.4, -0.2) is 59.5 Å². The molecule has 0 aliphatic carbocycles. The van der Waals surface area contributed by atoms with Gasteiger partial charge in [0.25, 0.3) is 0 Å². The van der Waals surface area contributed by atoms with Crippen molar-refractivity contribution < 1.29 is 9.53 Å². The maximum atomic E-state index is 12.1. The fourth-order valence-electron chi connectivity index (χ4n) is 2.41. The van der Waals surface area contributed by atoms with E-state index in [4.69, 9.17) is 10.5 Å². The van der Waals surface area contributed by atoms with Gasteiger partial charge < -0.3 is 20.7 Å². The number of nitrogens with zero attached hydrogens (tertiary/aromatic N) is 3. The summed E-state index contributed by atoms with van der Waals surface area (Å²) in [6.07, 6.45) is 3.52. The predicted octanol–water partition coefficient (Wildman–Crippen LogP) is 0.137. The number of hydrogen-bond donors (Lipinski definition) is 2. The monoisotopic (exact) mass is 295 g/mol. The van der Waals surface area contributed by atoms with Crippen LogP contribution in [0.2, 0.25) is 0 Å². The van der Waals surface area contributed by atoms with Crippen molar-refractivity contribution in [2.45, 2.75) is 26.4 Å². The van der Waals surface area contributed by atoms with Gasteiger partial charge in [-0.25, -0.2) is 0 Å². The zero-order chi connectivity index (χ0) is 15.2. The van der Waals surface area contributed by atoms with Gasteiger partial charge in [-0.2, -0.15) is 5.10 Å². The van der Waals surface area contributed by atoms with Crippen LogP contribution in [0.4, 0.5) is 5.69 Å². The Morgan fingerprint density at radius 3 is 2.90 bits per heavy atom. The summed E-state index contributed by atoms with van der Waals surface area (Å²) < 4.78 is 7.06. The van der Waals surface area contributed by atoms with E-state index < -0.39 is 0 Å². The van der Waals surface area contributed by atoms with E-state index in [0.717, 1.165) is 26.2 Å². The van der Waals surface area contributed by atoms with Crippen molar-refractivity contribution >= 4 is 11.6 Å². The normalized spacial score (nSPS) is 21.9. The second kappa shape index (κ2) is 7.53. The third-order valence-corrected chi connectivity index (χ3v) is 3.90. The molecule has 3 N–H and O–H groups in total. The van der Waals surface area contributed by atoms with Crippen LogP contribution in [0, 0.1) is 5.92 Å². The van der Waals surface area contributed by atoms with Gasteiger partial charge in [-0.05, 0) is 13.1 Å². The van der Waals surface area contributed by atoms with Crippen LogP contribution >= 0.6 is 0 Å². The maximum Gasteiger partial charge on any atom is 0.231 e. The summed E-state index contributed by atoms with van der Waals surface area (Å²) in [5.74, 6) is -0.368. The van der Waals surface area contributed by atoms with Gasteiger partial charge in [-0.1, -0.05) is 13.8 Å². The molecule has 2 heterocycles. The summed E-state index contributed by atoms with van der Waals surface area (Å²) in [7, 11) is 0. The van der Waals surface area contributed by atoms with E-state index in [-0.39, 0.29) is 17.9 Å². The Hall–Kier alpha value is -1.44. The van der Waals surface area contributed by atoms with Gasteiger partial charge in [-0.3, -0.25) is 9.48 Å². The minimum Gasteiger partial charge on any atom is -0.379 e. The first kappa shape index (κ1) is 15.9. The van der Waals surface area contributed by atoms with E-state index in [1.54, 1.807) is 6.20 Å². The van der Waals surface area contributed by atoms with E-state index in [0.29, 0.717) is 18.9 Å². The van der Waals surface area contributed by atoms with Gasteiger partial charge in [0.2, 0.25) is 5.91 Å². The Balaban J connectivity index is 1.84. The first-order valence-corrected chi connectivity index (χ1v) is 7.53. The molecule has 1 amide bonds. The summed E-state index contributed by atoms with van der Waals surface area (Å²) in [4.78, 5) is 14.4. The number of likely N-dealkylation sites (N-methyl/N-ethyl adjacent to an activating group) is 1. The largest absolute Gasteiger partial charge is 0.379 e. The first-order valence-electron chi connectivity index (χ1n) is 7.53. The number of rotatable bonds is 7. The molecule has 1 aliphatic heterocycles. The van der Waals surface area contributed by atoms with Gasteiger partial charge in [0, 0.05) is 18.8 Å². The third kappa shape index (κ3) is 4.26. The number of ether oxygens (including phenoxy) is 1. The summed E-state index contributed by atoms with van der Waals surface area (Å²) in [5, 5.41) is 7.12. The summed E-state index contributed by atoms with van der Waals surface area (Å²) in [5.41, 5.74) is 6.55. The van der Waals surface area contributed by atoms with Crippen molar-refractivity contribution in [2.75, 3.05) is 38.2 Å². The number of hydrogen-bond acceptors (Lipinski definition) is 5. The van der Waals surface area contributed by atoms with Crippen LogP contribution in [0.25, 0.3) is 0 Å². The molecule has 0 saturated carbocycles. The number of carbonyl (C=O) groups excluding carboxylic acids is 1. The van der Waals surface area contributed by atoms with Gasteiger partial charge in [0.1, 0.15) is 0 Å². The van der Waals surface area contributed by atoms with Crippen molar-refractivity contribution in [2.24, 2.45) is 11.7 Å². The fraction of sp³-hybridized carbons (Fsp3) is 0.714. The fourth-order valence-corrected chi connectivity index (χ4v) is 2.41. The minimum absolute atomic E-state index is 0.0942. The zero-order valence-electron chi connectivity index (χ0n) is 12.8. The summed E-state index contributed by atoms with van der Waals surface area (Å²) in [6, 6.07) is -0.220. The lowest BCUT2D eigenvalue weighted by Crippen LogP contribution is -2.37. The molecule has 0 bridgehead atoms. The highest BCUT2D eigenvalue weighted by Crippen LogP contribution is 2.15. The number of nitrogens with one attached hydrogen (secondary N) is 1. The summed E-state index contributed by atoms with van der Waals surface area (Å²) >= 11 is 0. The number of anilines is 1. The molecule has 1 aromatic rings. The van der Waals surface area contributed by atoms with E-state index in [9.17, 15) is 4.79 Å². The molecule has 2 rings (SSSR count). The van der Waals surface area contributed by atoms with E-state index in [2.05, 4.69) is 29.2 Å². The second-order valence-electron chi connectivity index (χ2n) is 5.32. The molecule has 2 unspecified atom stereocenters. The number of nitrogens with two attached hydrogens (primary N) is 1. The highest BCUT2D eigenvalue weighted by molar-refractivity contribution is 5.93. The molecule has 1 aromatic heterocycles. The Kier molecular flexibility index (Phi) is 5.72. The average molecular weight is 295 g/mol. The van der Waals surface area contributed by atoms with Crippen LogP contribution in [0.1, 0.15) is 13.8 Å². The second-order valence-corrected chi connectivity index (χ2v) is 5.32. The highest BCUT2D eigenvalue weighted by Gasteiger charge is 2.31. The molecule has 21 heavy (non-hydrogen) atoms. The van der Waals surface area contributed by atoms with Crippen LogP contribution in [-0.2, 0) is 16.1 Å². The van der Waals surface area contributed by atoms with E-state index in [1.807, 2.05) is 10.9 Å². The van der Waals surface area contributed by atoms with Crippen molar-refractivity contribution in [1.29, 1.82) is 0 Å². The van der Waals surface area contributed by atoms with Crippen LogP contribution < -0.4 is 11.1 Å². The molecule has 0 spiro atoms. The lowest BCUT2D eigenvalue weighted by molar-refractivity contribution is -0.120. The van der Waals surface area contributed by atoms with Gasteiger partial charge in [-0.15, -0.1) is 0 Å². The lowest BCUT2D eigenvalue weighted by Gasteiger charge is -2.17. The Labute approximate surface area is 125 Å². The van der Waals surface area contributed by atoms with Crippen molar-refractivity contribution in [3.05, 3.63) is 12.4 Å². The SMILES string of the molecule is CCN(CC)CCn1cc(NC(=O)C2COCC2N)cn1. The molecule has 118 valence electrons. The molecular formula is C14H25N5O2. The molecule has 1 fully saturated rings. The standard InChI is InChI=1S/C14H25N5O2/c1-3-18(4-2)5-6-19-8-11(7-16-19)17-14(20)12-9-21-10-13(12)15/h7-8,12-13H,3-6,9-10,15H2,1-2H3,(H,17,20). The molecule has 1 saturated heterocycles. The lowest BCUT2D eigenvalue weighted by atomic mass is 10.0. The average Bonchev–Trinajstić information content (AvgIpc) is 3.09. The van der Waals surface area contributed by atoms with Crippen molar-refractivity contribution in [1.82, 2.24) is 14.7 Å². The smallest absolute Gasteiger partial charge is 0.231 e. The van der Waals surface area contributed by atoms with Crippen LogP contribution in [0.5, 0.6) is 0 Å². The quantitative estimate of drug-likeness (QED) is 0.747. The molecule has 0 aromatic carbocycles. The Morgan fingerprint density at radius 1 is 1.52 bits per heavy atom.